The summed E-state index contributed by atoms with van der Waals surface area (Å²) in [6.07, 6.45) is 0.168. The molecule has 0 unspecified atom stereocenters. The summed E-state index contributed by atoms with van der Waals surface area (Å²) in [5.74, 6) is 0.518. The number of alkyl carbamates (subject to hydrolysis) is 1. The number of carbonyl (C=O) groups excluding carboxylic acids is 2. The molecular formula is C31H29N3O4. The van der Waals surface area contributed by atoms with Crippen molar-refractivity contribution in [2.45, 2.75) is 25.6 Å². The third-order valence-corrected chi connectivity index (χ3v) is 6.47. The van der Waals surface area contributed by atoms with Gasteiger partial charge in [0.05, 0.1) is 6.61 Å². The van der Waals surface area contributed by atoms with Crippen molar-refractivity contribution in [3.63, 3.8) is 0 Å². The summed E-state index contributed by atoms with van der Waals surface area (Å²) in [6, 6.07) is 29.3. The number of hydrogen-bond donors (Lipinski definition) is 3. The average molecular weight is 508 g/mol. The van der Waals surface area contributed by atoms with E-state index in [0.29, 0.717) is 24.4 Å². The number of anilines is 1. The molecule has 0 fully saturated rings. The Kier molecular flexibility index (Phi) is 7.66. The normalized spacial score (nSPS) is 12.7. The molecule has 0 saturated carbocycles. The second-order valence-corrected chi connectivity index (χ2v) is 9.04. The van der Waals surface area contributed by atoms with Gasteiger partial charge in [0, 0.05) is 24.2 Å². The molecule has 0 spiro atoms. The number of hydrogen-bond acceptors (Lipinski definition) is 5. The maximum absolute atomic E-state index is 13.4. The topological polar surface area (TPSA) is 103 Å². The van der Waals surface area contributed by atoms with Crippen molar-refractivity contribution in [2.24, 2.45) is 5.73 Å². The van der Waals surface area contributed by atoms with Crippen molar-refractivity contribution in [3.05, 3.63) is 119 Å². The van der Waals surface area contributed by atoms with Crippen molar-refractivity contribution in [3.8, 4) is 16.9 Å². The third-order valence-electron chi connectivity index (χ3n) is 6.47. The first-order valence-electron chi connectivity index (χ1n) is 12.5. The van der Waals surface area contributed by atoms with E-state index in [9.17, 15) is 9.59 Å². The molecule has 0 radical (unpaired) electrons. The quantitative estimate of drug-likeness (QED) is 0.298. The molecule has 0 saturated heterocycles. The molecule has 5 rings (SSSR count). The molecule has 4 aromatic carbocycles. The van der Waals surface area contributed by atoms with E-state index in [1.807, 2.05) is 84.9 Å². The fourth-order valence-corrected chi connectivity index (χ4v) is 4.52. The van der Waals surface area contributed by atoms with Gasteiger partial charge in [-0.05, 0) is 46.0 Å². The van der Waals surface area contributed by atoms with Gasteiger partial charge in [0.1, 0.15) is 18.4 Å². The van der Waals surface area contributed by atoms with Crippen LogP contribution in [0.1, 0.15) is 28.3 Å². The van der Waals surface area contributed by atoms with Crippen LogP contribution in [0, 0.1) is 0 Å². The summed E-state index contributed by atoms with van der Waals surface area (Å²) in [4.78, 5) is 26.1. The molecule has 4 aromatic rings. The lowest BCUT2D eigenvalue weighted by Gasteiger charge is -2.20. The summed E-state index contributed by atoms with van der Waals surface area (Å²) in [5.41, 5.74) is 12.0. The molecule has 0 bridgehead atoms. The zero-order valence-corrected chi connectivity index (χ0v) is 20.9. The van der Waals surface area contributed by atoms with Gasteiger partial charge in [-0.1, -0.05) is 78.9 Å². The predicted molar refractivity (Wildman–Crippen MR) is 147 cm³/mol. The van der Waals surface area contributed by atoms with E-state index in [1.165, 1.54) is 5.56 Å². The molecule has 7 nitrogen and oxygen atoms in total. The Morgan fingerprint density at radius 3 is 2.45 bits per heavy atom. The summed E-state index contributed by atoms with van der Waals surface area (Å²) in [7, 11) is 0. The first-order valence-corrected chi connectivity index (χ1v) is 12.5. The Hall–Kier alpha value is -4.62. The second-order valence-electron chi connectivity index (χ2n) is 9.04. The van der Waals surface area contributed by atoms with E-state index in [4.69, 9.17) is 15.2 Å². The van der Waals surface area contributed by atoms with Crippen LogP contribution in [0.4, 0.5) is 10.5 Å². The fraction of sp³-hybridized carbons (Fsp3) is 0.161. The maximum atomic E-state index is 13.4. The Morgan fingerprint density at radius 2 is 1.66 bits per heavy atom. The molecule has 7 heteroatoms. The lowest BCUT2D eigenvalue weighted by atomic mass is 9.96. The summed E-state index contributed by atoms with van der Waals surface area (Å²) in [5, 5.41) is 5.63. The summed E-state index contributed by atoms with van der Waals surface area (Å²) < 4.78 is 11.1. The Balaban J connectivity index is 1.37. The Bertz CT molecular complexity index is 1420. The molecule has 2 amide bonds. The van der Waals surface area contributed by atoms with Crippen LogP contribution in [-0.4, -0.2) is 18.6 Å². The molecule has 1 atom stereocenters. The van der Waals surface area contributed by atoms with Crippen molar-refractivity contribution in [1.29, 1.82) is 0 Å². The highest BCUT2D eigenvalue weighted by atomic mass is 16.5. The van der Waals surface area contributed by atoms with Crippen LogP contribution >= 0.6 is 0 Å². The minimum absolute atomic E-state index is 0.0969. The van der Waals surface area contributed by atoms with Crippen LogP contribution in [0.15, 0.2) is 97.1 Å². The van der Waals surface area contributed by atoms with Crippen molar-refractivity contribution in [2.75, 3.05) is 11.9 Å². The van der Waals surface area contributed by atoms with Crippen molar-refractivity contribution >= 4 is 17.7 Å². The minimum atomic E-state index is -0.973. The first kappa shape index (κ1) is 25.0. The lowest BCUT2D eigenvalue weighted by Crippen LogP contribution is -2.37. The predicted octanol–water partition coefficient (Wildman–Crippen LogP) is 5.35. The van der Waals surface area contributed by atoms with E-state index < -0.39 is 18.0 Å². The fourth-order valence-electron chi connectivity index (χ4n) is 4.52. The molecular weight excluding hydrogens is 478 g/mol. The number of fused-ring (bicyclic) bond motifs is 1. The summed E-state index contributed by atoms with van der Waals surface area (Å²) >= 11 is 0. The van der Waals surface area contributed by atoms with E-state index in [2.05, 4.69) is 16.7 Å². The van der Waals surface area contributed by atoms with Gasteiger partial charge in [0.25, 0.3) is 5.91 Å². The zero-order chi connectivity index (χ0) is 26.3. The van der Waals surface area contributed by atoms with Gasteiger partial charge in [-0.2, -0.15) is 0 Å². The van der Waals surface area contributed by atoms with E-state index in [1.54, 1.807) is 6.07 Å². The van der Waals surface area contributed by atoms with Crippen LogP contribution in [0.5, 0.6) is 5.75 Å². The average Bonchev–Trinajstić information content (AvgIpc) is 3.45. The molecule has 1 heterocycles. The van der Waals surface area contributed by atoms with Crippen molar-refractivity contribution in [1.82, 2.24) is 5.32 Å². The van der Waals surface area contributed by atoms with Gasteiger partial charge in [-0.25, -0.2) is 4.79 Å². The monoisotopic (exact) mass is 507 g/mol. The number of nitrogens with two attached hydrogens (primary N) is 1. The molecule has 192 valence electrons. The van der Waals surface area contributed by atoms with Gasteiger partial charge < -0.3 is 25.8 Å². The lowest BCUT2D eigenvalue weighted by molar-refractivity contribution is -0.118. The number of nitrogens with one attached hydrogen (secondary N) is 2. The number of amides is 2. The molecule has 1 aliphatic rings. The number of ether oxygens (including phenoxy) is 2. The van der Waals surface area contributed by atoms with Crippen LogP contribution in [0.25, 0.3) is 11.1 Å². The Labute approximate surface area is 221 Å². The van der Waals surface area contributed by atoms with Crippen LogP contribution in [-0.2, 0) is 29.1 Å². The third kappa shape index (κ3) is 5.85. The molecule has 4 N–H and O–H groups in total. The number of rotatable bonds is 8. The highest BCUT2D eigenvalue weighted by molar-refractivity contribution is 5.97. The maximum Gasteiger partial charge on any atom is 0.408 e. The van der Waals surface area contributed by atoms with Gasteiger partial charge >= 0.3 is 6.09 Å². The zero-order valence-electron chi connectivity index (χ0n) is 20.9. The van der Waals surface area contributed by atoms with E-state index in [-0.39, 0.29) is 6.61 Å². The standard InChI is InChI=1S/C31H29N3O4/c32-19-22-8-4-9-25(18-22)33-30(35)29(34-31(36)38-20-21-6-2-1-3-7-21)24-14-12-23(13-15-24)26-10-5-11-28-27(26)16-17-37-28/h1-15,18,29H,16-17,19-20,32H2,(H,33,35)(H,34,36)/t29-/m0/s1. The molecule has 0 aliphatic carbocycles. The minimum Gasteiger partial charge on any atom is -0.493 e. The van der Waals surface area contributed by atoms with Gasteiger partial charge in [0.2, 0.25) is 0 Å². The SMILES string of the molecule is NCc1cccc(NC(=O)[C@@H](NC(=O)OCc2ccccc2)c2ccc(-c3cccc4c3CCO4)cc2)c1. The van der Waals surface area contributed by atoms with Gasteiger partial charge in [-0.3, -0.25) is 4.79 Å². The summed E-state index contributed by atoms with van der Waals surface area (Å²) in [6.45, 7) is 1.12. The van der Waals surface area contributed by atoms with Crippen LogP contribution in [0.2, 0.25) is 0 Å². The van der Waals surface area contributed by atoms with Gasteiger partial charge in [-0.15, -0.1) is 0 Å². The molecule has 1 aliphatic heterocycles. The van der Waals surface area contributed by atoms with Crippen molar-refractivity contribution < 1.29 is 19.1 Å². The number of carbonyl (C=O) groups is 2. The highest BCUT2D eigenvalue weighted by Gasteiger charge is 2.24. The second kappa shape index (κ2) is 11.6. The van der Waals surface area contributed by atoms with E-state index >= 15 is 0 Å². The molecule has 0 aromatic heterocycles. The Morgan fingerprint density at radius 1 is 0.895 bits per heavy atom. The van der Waals surface area contributed by atoms with Crippen LogP contribution < -0.4 is 21.1 Å². The first-order chi connectivity index (χ1) is 18.6. The number of benzene rings is 4. The smallest absolute Gasteiger partial charge is 0.408 e. The van der Waals surface area contributed by atoms with Gasteiger partial charge in [0.15, 0.2) is 0 Å². The largest absolute Gasteiger partial charge is 0.493 e. The molecule has 38 heavy (non-hydrogen) atoms. The van der Waals surface area contributed by atoms with Crippen LogP contribution in [0.3, 0.4) is 0 Å². The highest BCUT2D eigenvalue weighted by Crippen LogP contribution is 2.35. The van der Waals surface area contributed by atoms with E-state index in [0.717, 1.165) is 34.4 Å².